The molecular formula is C41H32Cl2Zr. The van der Waals surface area contributed by atoms with Crippen LogP contribution < -0.4 is 24.8 Å². The van der Waals surface area contributed by atoms with Gasteiger partial charge < -0.3 is 24.8 Å². The summed E-state index contributed by atoms with van der Waals surface area (Å²) in [4.78, 5) is 0. The van der Waals surface area contributed by atoms with Crippen molar-refractivity contribution in [3.05, 3.63) is 156 Å². The van der Waals surface area contributed by atoms with Gasteiger partial charge in [-0.3, -0.25) is 0 Å². The van der Waals surface area contributed by atoms with Crippen LogP contribution in [0.1, 0.15) is 43.4 Å². The molecule has 0 fully saturated rings. The fraction of sp³-hybridized carbons (Fsp3) is 0.0976. The van der Waals surface area contributed by atoms with Crippen LogP contribution in [0.15, 0.2) is 133 Å². The third-order valence-electron chi connectivity index (χ3n) is 9.27. The topological polar surface area (TPSA) is 0 Å². The van der Waals surface area contributed by atoms with Gasteiger partial charge in [0, 0.05) is 0 Å². The van der Waals surface area contributed by atoms with E-state index in [0.29, 0.717) is 7.25 Å². The molecule has 214 valence electrons. The summed E-state index contributed by atoms with van der Waals surface area (Å²) < 4.78 is 2.74. The van der Waals surface area contributed by atoms with Gasteiger partial charge in [-0.1, -0.05) is 0 Å². The molecule has 0 heterocycles. The first-order chi connectivity index (χ1) is 20.7. The molecule has 3 heteroatoms. The summed E-state index contributed by atoms with van der Waals surface area (Å²) in [5.74, 6) is 0. The summed E-state index contributed by atoms with van der Waals surface area (Å²) in [6.45, 7) is 4.82. The number of hydrogen-bond donors (Lipinski definition) is 0. The first kappa shape index (κ1) is 30.7. The largest absolute Gasteiger partial charge is 1.00 e. The van der Waals surface area contributed by atoms with Gasteiger partial charge in [0.15, 0.2) is 0 Å². The molecule has 8 rings (SSSR count). The number of rotatable bonds is 4. The van der Waals surface area contributed by atoms with Gasteiger partial charge >= 0.3 is 257 Å². The quantitative estimate of drug-likeness (QED) is 0.245. The molecular weight excluding hydrogens is 655 g/mol. The average Bonchev–Trinajstić information content (AvgIpc) is 3.66. The molecule has 2 aliphatic rings. The molecule has 0 saturated carbocycles. The maximum absolute atomic E-state index is 2.56. The average molecular weight is 687 g/mol. The third kappa shape index (κ3) is 5.00. The number of allylic oxidation sites excluding steroid dienone is 2. The number of hydrogen-bond acceptors (Lipinski definition) is 0. The molecule has 0 amide bonds. The minimum Gasteiger partial charge on any atom is -1.00 e. The summed E-state index contributed by atoms with van der Waals surface area (Å²) in [5.41, 5.74) is 11.3. The normalized spacial score (nSPS) is 15.7. The molecule has 0 aliphatic heterocycles. The van der Waals surface area contributed by atoms with Crippen molar-refractivity contribution in [1.82, 2.24) is 0 Å². The predicted molar refractivity (Wildman–Crippen MR) is 179 cm³/mol. The van der Waals surface area contributed by atoms with Crippen LogP contribution in [0.25, 0.3) is 56.0 Å². The zero-order valence-corrected chi connectivity index (χ0v) is 28.7. The molecule has 0 spiro atoms. The Bertz CT molecular complexity index is 1970. The Morgan fingerprint density at radius 3 is 1.30 bits per heavy atom. The summed E-state index contributed by atoms with van der Waals surface area (Å²) in [6, 6.07) is 45.0. The zero-order valence-electron chi connectivity index (χ0n) is 24.8. The Hall–Kier alpha value is -3.35. The molecule has 44 heavy (non-hydrogen) atoms. The first-order valence-corrected chi connectivity index (χ1v) is 19.0. The van der Waals surface area contributed by atoms with Gasteiger partial charge in [-0.25, -0.2) is 0 Å². The van der Waals surface area contributed by atoms with Crippen LogP contribution in [0.5, 0.6) is 0 Å². The van der Waals surface area contributed by atoms with E-state index in [1.807, 2.05) is 0 Å². The number of halogens is 2. The van der Waals surface area contributed by atoms with Crippen molar-refractivity contribution < 1.29 is 46.1 Å². The van der Waals surface area contributed by atoms with Crippen LogP contribution in [0.3, 0.4) is 0 Å². The van der Waals surface area contributed by atoms with Crippen molar-refractivity contribution >= 4 is 36.9 Å². The predicted octanol–water partition coefficient (Wildman–Crippen LogP) is 5.00. The SMILES string of the molecule is C[C](C)=[Zr+2]([CH]1C=Cc2c(-c3cccc4ccccc34)cccc21)[CH]1C=Cc2c(-c3cccc4ccccc34)cccc21.[Cl-].[Cl-]. The van der Waals surface area contributed by atoms with Gasteiger partial charge in [-0.15, -0.1) is 0 Å². The fourth-order valence-electron chi connectivity index (χ4n) is 7.42. The van der Waals surface area contributed by atoms with E-state index in [2.05, 4.69) is 159 Å². The van der Waals surface area contributed by atoms with Gasteiger partial charge in [0.05, 0.1) is 0 Å². The Morgan fingerprint density at radius 2 is 0.841 bits per heavy atom. The third-order valence-corrected chi connectivity index (χ3v) is 17.9. The fourth-order valence-corrected chi connectivity index (χ4v) is 15.8. The Balaban J connectivity index is 0.00000171. The smallest absolute Gasteiger partial charge is 1.00 e. The molecule has 2 unspecified atom stereocenters. The van der Waals surface area contributed by atoms with Crippen LogP contribution >= 0.6 is 0 Å². The minimum atomic E-state index is -2.24. The van der Waals surface area contributed by atoms with Crippen molar-refractivity contribution in [1.29, 1.82) is 0 Å². The Morgan fingerprint density at radius 1 is 0.455 bits per heavy atom. The Labute approximate surface area is 280 Å². The maximum Gasteiger partial charge on any atom is -1.00 e. The van der Waals surface area contributed by atoms with E-state index in [-0.39, 0.29) is 24.8 Å². The van der Waals surface area contributed by atoms with E-state index in [1.165, 1.54) is 66.1 Å². The van der Waals surface area contributed by atoms with Gasteiger partial charge in [0.25, 0.3) is 0 Å². The number of benzene rings is 6. The van der Waals surface area contributed by atoms with Crippen molar-refractivity contribution in [3.8, 4) is 22.3 Å². The van der Waals surface area contributed by atoms with E-state index < -0.39 is 21.3 Å². The molecule has 6 aromatic carbocycles. The van der Waals surface area contributed by atoms with Gasteiger partial charge in [-0.05, 0) is 0 Å². The second kappa shape index (κ2) is 12.6. The molecule has 0 aromatic heterocycles. The molecule has 0 nitrogen and oxygen atoms in total. The summed E-state index contributed by atoms with van der Waals surface area (Å²) in [5, 5.41) is 5.26. The summed E-state index contributed by atoms with van der Waals surface area (Å²) in [6.07, 6.45) is 9.99. The molecule has 0 N–H and O–H groups in total. The Kier molecular flexibility index (Phi) is 8.76. The second-order valence-corrected chi connectivity index (χ2v) is 19.6. The monoisotopic (exact) mass is 684 g/mol. The maximum atomic E-state index is 2.56. The molecule has 0 saturated heterocycles. The number of fused-ring (bicyclic) bond motifs is 4. The van der Waals surface area contributed by atoms with E-state index in [1.54, 1.807) is 3.21 Å². The van der Waals surface area contributed by atoms with Crippen molar-refractivity contribution in [2.45, 2.75) is 21.1 Å². The van der Waals surface area contributed by atoms with E-state index in [9.17, 15) is 0 Å². The molecule has 6 aromatic rings. The summed E-state index contributed by atoms with van der Waals surface area (Å²) in [7, 11) is 0. The van der Waals surface area contributed by atoms with Crippen LogP contribution in [0, 0.1) is 0 Å². The van der Waals surface area contributed by atoms with E-state index in [0.717, 1.165) is 0 Å². The first-order valence-electron chi connectivity index (χ1n) is 14.9. The van der Waals surface area contributed by atoms with E-state index in [4.69, 9.17) is 0 Å². The second-order valence-electron chi connectivity index (χ2n) is 11.8. The minimum absolute atomic E-state index is 0. The van der Waals surface area contributed by atoms with Crippen LogP contribution in [0.4, 0.5) is 0 Å². The molecule has 0 radical (unpaired) electrons. The van der Waals surface area contributed by atoms with Crippen LogP contribution in [0.2, 0.25) is 0 Å². The molecule has 2 atom stereocenters. The van der Waals surface area contributed by atoms with Crippen molar-refractivity contribution in [2.75, 3.05) is 0 Å². The van der Waals surface area contributed by atoms with Gasteiger partial charge in [0.1, 0.15) is 0 Å². The van der Waals surface area contributed by atoms with E-state index >= 15 is 0 Å². The van der Waals surface area contributed by atoms with Crippen molar-refractivity contribution in [2.24, 2.45) is 0 Å². The van der Waals surface area contributed by atoms with Gasteiger partial charge in [-0.2, -0.15) is 0 Å². The molecule has 0 bridgehead atoms. The van der Waals surface area contributed by atoms with Crippen LogP contribution in [-0.4, -0.2) is 3.21 Å². The standard InChI is InChI=1S/2C19H13.C3H6.2ClH.Zr/c2*1-2-10-16-14(6-1)8-4-12-18(16)19-13-5-9-15-7-3-11-17(15)19;1-3-2;;;/h2*1-13H;1-2H3;2*1H;/q;;;;;+2/p-2. The molecule has 2 aliphatic carbocycles. The van der Waals surface area contributed by atoms with Crippen LogP contribution in [-0.2, 0) is 21.3 Å². The van der Waals surface area contributed by atoms with Gasteiger partial charge in [0.2, 0.25) is 0 Å². The zero-order chi connectivity index (χ0) is 28.2. The van der Waals surface area contributed by atoms with Crippen molar-refractivity contribution in [3.63, 3.8) is 0 Å². The summed E-state index contributed by atoms with van der Waals surface area (Å²) >= 11 is -2.24.